The average molecular weight is 317 g/mol. The smallest absolute Gasteiger partial charge is 0.416 e. The molecule has 0 aliphatic carbocycles. The molecule has 21 heavy (non-hydrogen) atoms. The Morgan fingerprint density at radius 2 is 1.76 bits per heavy atom. The second-order valence-corrected chi connectivity index (χ2v) is 4.68. The third kappa shape index (κ3) is 3.52. The van der Waals surface area contributed by atoms with Gasteiger partial charge >= 0.3 is 6.18 Å². The van der Waals surface area contributed by atoms with Gasteiger partial charge in [-0.2, -0.15) is 13.2 Å². The van der Waals surface area contributed by atoms with Gasteiger partial charge in [-0.15, -0.1) is 0 Å². The summed E-state index contributed by atoms with van der Waals surface area (Å²) in [6, 6.07) is 8.01. The van der Waals surface area contributed by atoms with Gasteiger partial charge in [-0.25, -0.2) is 0 Å². The highest BCUT2D eigenvalue weighted by molar-refractivity contribution is 6.33. The Labute approximate surface area is 124 Å². The molecule has 0 aliphatic heterocycles. The fourth-order valence-electron chi connectivity index (χ4n) is 1.72. The molecule has 0 spiro atoms. The molecule has 0 fully saturated rings. The Balaban J connectivity index is 2.28. The van der Waals surface area contributed by atoms with Crippen LogP contribution < -0.4 is 15.8 Å². The fourth-order valence-corrected chi connectivity index (χ4v) is 1.95. The SMILES string of the molecule is COc1ccc(Nc2ccc(C(F)(F)F)cc2Cl)c(N)c1. The third-order valence-electron chi connectivity index (χ3n) is 2.82. The van der Waals surface area contributed by atoms with Gasteiger partial charge in [0.2, 0.25) is 0 Å². The van der Waals surface area contributed by atoms with Crippen molar-refractivity contribution in [3.05, 3.63) is 47.0 Å². The highest BCUT2D eigenvalue weighted by Crippen LogP contribution is 2.36. The maximum Gasteiger partial charge on any atom is 0.416 e. The van der Waals surface area contributed by atoms with Crippen LogP contribution in [0.4, 0.5) is 30.2 Å². The number of nitrogens with two attached hydrogens (primary N) is 1. The van der Waals surface area contributed by atoms with Crippen LogP contribution in [-0.2, 0) is 6.18 Å². The van der Waals surface area contributed by atoms with Crippen molar-refractivity contribution in [2.75, 3.05) is 18.2 Å². The third-order valence-corrected chi connectivity index (χ3v) is 3.14. The molecule has 0 radical (unpaired) electrons. The molecule has 2 aromatic rings. The van der Waals surface area contributed by atoms with Gasteiger partial charge in [0.05, 0.1) is 34.8 Å². The standard InChI is InChI=1S/C14H12ClF3N2O/c1-21-9-3-5-13(11(19)7-9)20-12-4-2-8(6-10(12)15)14(16,17)18/h2-7,20H,19H2,1H3. The number of halogens is 4. The van der Waals surface area contributed by atoms with E-state index in [0.717, 1.165) is 12.1 Å². The number of methoxy groups -OCH3 is 1. The summed E-state index contributed by atoms with van der Waals surface area (Å²) in [4.78, 5) is 0. The predicted molar refractivity (Wildman–Crippen MR) is 77.1 cm³/mol. The molecule has 0 amide bonds. The van der Waals surface area contributed by atoms with E-state index in [1.165, 1.54) is 13.2 Å². The van der Waals surface area contributed by atoms with E-state index >= 15 is 0 Å². The minimum atomic E-state index is -4.43. The number of benzene rings is 2. The van der Waals surface area contributed by atoms with Crippen molar-refractivity contribution in [3.63, 3.8) is 0 Å². The molecule has 0 unspecified atom stereocenters. The van der Waals surface area contributed by atoms with Gasteiger partial charge in [-0.1, -0.05) is 11.6 Å². The Kier molecular flexibility index (Phi) is 4.18. The quantitative estimate of drug-likeness (QED) is 0.807. The van der Waals surface area contributed by atoms with E-state index in [2.05, 4.69) is 5.32 Å². The lowest BCUT2D eigenvalue weighted by Crippen LogP contribution is -2.05. The Morgan fingerprint density at radius 3 is 2.29 bits per heavy atom. The van der Waals surface area contributed by atoms with Crippen LogP contribution in [0.2, 0.25) is 5.02 Å². The monoisotopic (exact) mass is 316 g/mol. The maximum atomic E-state index is 12.6. The normalized spacial score (nSPS) is 11.3. The van der Waals surface area contributed by atoms with Crippen molar-refractivity contribution < 1.29 is 17.9 Å². The van der Waals surface area contributed by atoms with Gasteiger partial charge in [0.15, 0.2) is 0 Å². The summed E-state index contributed by atoms with van der Waals surface area (Å²) in [6.07, 6.45) is -4.43. The van der Waals surface area contributed by atoms with Crippen LogP contribution in [0.25, 0.3) is 0 Å². The van der Waals surface area contributed by atoms with E-state index in [9.17, 15) is 13.2 Å². The second kappa shape index (κ2) is 5.73. The minimum absolute atomic E-state index is 0.0416. The Hall–Kier alpha value is -2.08. The molecule has 0 bridgehead atoms. The number of nitrogens with one attached hydrogen (secondary N) is 1. The van der Waals surface area contributed by atoms with E-state index in [0.29, 0.717) is 22.8 Å². The van der Waals surface area contributed by atoms with Crippen molar-refractivity contribution in [1.82, 2.24) is 0 Å². The van der Waals surface area contributed by atoms with Crippen LogP contribution in [0.15, 0.2) is 36.4 Å². The summed E-state index contributed by atoms with van der Waals surface area (Å²) in [6.45, 7) is 0. The number of ether oxygens (including phenoxy) is 1. The Bertz CT molecular complexity index is 659. The van der Waals surface area contributed by atoms with Gasteiger partial charge in [-0.05, 0) is 30.3 Å². The molecule has 0 heterocycles. The first-order valence-electron chi connectivity index (χ1n) is 5.88. The number of alkyl halides is 3. The molecule has 0 aliphatic rings. The molecule has 0 atom stereocenters. The van der Waals surface area contributed by atoms with Gasteiger partial charge in [-0.3, -0.25) is 0 Å². The van der Waals surface area contributed by atoms with E-state index in [1.807, 2.05) is 0 Å². The second-order valence-electron chi connectivity index (χ2n) is 4.27. The van der Waals surface area contributed by atoms with Crippen molar-refractivity contribution in [2.45, 2.75) is 6.18 Å². The molecule has 3 N–H and O–H groups in total. The van der Waals surface area contributed by atoms with Gasteiger partial charge in [0, 0.05) is 6.07 Å². The zero-order chi connectivity index (χ0) is 15.6. The lowest BCUT2D eigenvalue weighted by atomic mass is 10.2. The molecule has 2 rings (SSSR count). The zero-order valence-corrected chi connectivity index (χ0v) is 11.7. The molecule has 3 nitrogen and oxygen atoms in total. The summed E-state index contributed by atoms with van der Waals surface area (Å²) in [5.41, 5.74) is 6.28. The first-order valence-corrected chi connectivity index (χ1v) is 6.26. The number of hydrogen-bond acceptors (Lipinski definition) is 3. The van der Waals surface area contributed by atoms with Gasteiger partial charge < -0.3 is 15.8 Å². The van der Waals surface area contributed by atoms with Gasteiger partial charge in [0.25, 0.3) is 0 Å². The number of hydrogen-bond donors (Lipinski definition) is 2. The topological polar surface area (TPSA) is 47.3 Å². The van der Waals surface area contributed by atoms with Crippen LogP contribution in [0.1, 0.15) is 5.56 Å². The highest BCUT2D eigenvalue weighted by atomic mass is 35.5. The molecular weight excluding hydrogens is 305 g/mol. The molecule has 0 saturated heterocycles. The van der Waals surface area contributed by atoms with Crippen molar-refractivity contribution in [1.29, 1.82) is 0 Å². The highest BCUT2D eigenvalue weighted by Gasteiger charge is 2.30. The molecule has 112 valence electrons. The summed E-state index contributed by atoms with van der Waals surface area (Å²) in [5, 5.41) is 2.85. The van der Waals surface area contributed by atoms with E-state index in [4.69, 9.17) is 22.1 Å². The lowest BCUT2D eigenvalue weighted by Gasteiger charge is -2.13. The van der Waals surface area contributed by atoms with Crippen LogP contribution in [0, 0.1) is 0 Å². The molecule has 2 aromatic carbocycles. The largest absolute Gasteiger partial charge is 0.497 e. The van der Waals surface area contributed by atoms with Crippen molar-refractivity contribution >= 4 is 28.7 Å². The van der Waals surface area contributed by atoms with Crippen LogP contribution >= 0.6 is 11.6 Å². The van der Waals surface area contributed by atoms with E-state index < -0.39 is 11.7 Å². The maximum absolute atomic E-state index is 12.6. The molecule has 0 saturated carbocycles. The van der Waals surface area contributed by atoms with Crippen LogP contribution in [0.3, 0.4) is 0 Å². The van der Waals surface area contributed by atoms with Crippen LogP contribution in [-0.4, -0.2) is 7.11 Å². The first kappa shape index (κ1) is 15.3. The summed E-state index contributed by atoms with van der Waals surface area (Å²) >= 11 is 5.87. The van der Waals surface area contributed by atoms with Crippen LogP contribution in [0.5, 0.6) is 5.75 Å². The van der Waals surface area contributed by atoms with Crippen molar-refractivity contribution in [2.24, 2.45) is 0 Å². The number of nitrogen functional groups attached to an aromatic ring is 1. The summed E-state index contributed by atoms with van der Waals surface area (Å²) in [5.74, 6) is 0.580. The number of anilines is 3. The zero-order valence-electron chi connectivity index (χ0n) is 11.0. The predicted octanol–water partition coefficient (Wildman–Crippen LogP) is 4.69. The van der Waals surface area contributed by atoms with E-state index in [1.54, 1.807) is 18.2 Å². The average Bonchev–Trinajstić information content (AvgIpc) is 2.41. The first-order chi connectivity index (χ1) is 9.81. The lowest BCUT2D eigenvalue weighted by molar-refractivity contribution is -0.137. The number of rotatable bonds is 3. The Morgan fingerprint density at radius 1 is 1.10 bits per heavy atom. The molecule has 0 aromatic heterocycles. The van der Waals surface area contributed by atoms with Gasteiger partial charge in [0.1, 0.15) is 5.75 Å². The molecule has 7 heteroatoms. The summed E-state index contributed by atoms with van der Waals surface area (Å²) < 4.78 is 42.7. The minimum Gasteiger partial charge on any atom is -0.497 e. The van der Waals surface area contributed by atoms with Crippen molar-refractivity contribution in [3.8, 4) is 5.75 Å². The molecular formula is C14H12ClF3N2O. The van der Waals surface area contributed by atoms with E-state index in [-0.39, 0.29) is 5.02 Å². The fraction of sp³-hybridized carbons (Fsp3) is 0.143. The summed E-state index contributed by atoms with van der Waals surface area (Å²) in [7, 11) is 1.51.